The first kappa shape index (κ1) is 13.0. The Hall–Kier alpha value is -2.40. The maximum absolute atomic E-state index is 10.9. The summed E-state index contributed by atoms with van der Waals surface area (Å²) in [4.78, 5) is 20.9. The van der Waals surface area contributed by atoms with Crippen molar-refractivity contribution in [1.82, 2.24) is 0 Å². The summed E-state index contributed by atoms with van der Waals surface area (Å²) in [6, 6.07) is 10.2. The summed E-state index contributed by atoms with van der Waals surface area (Å²) >= 11 is 5.82. The van der Waals surface area contributed by atoms with E-state index in [1.54, 1.807) is 6.07 Å². The molecule has 0 aliphatic rings. The zero-order valence-electron chi connectivity index (χ0n) is 9.58. The summed E-state index contributed by atoms with van der Waals surface area (Å²) in [6.45, 7) is 0. The van der Waals surface area contributed by atoms with Crippen LogP contribution in [0.5, 0.6) is 11.5 Å². The third-order valence-electron chi connectivity index (χ3n) is 2.38. The Morgan fingerprint density at radius 1 is 1.16 bits per heavy atom. The van der Waals surface area contributed by atoms with Gasteiger partial charge in [0.05, 0.1) is 10.5 Å². The standard InChI is InChI=1S/C13H8ClNO4/c14-10-2-1-9(8-16)13(7-10)19-12-5-3-11(4-6-12)15(17)18/h1-8H. The van der Waals surface area contributed by atoms with E-state index >= 15 is 0 Å². The predicted octanol–water partition coefficient (Wildman–Crippen LogP) is 3.85. The molecule has 0 aliphatic heterocycles. The molecule has 0 unspecified atom stereocenters. The normalized spacial score (nSPS) is 9.95. The number of ether oxygens (including phenoxy) is 1. The highest BCUT2D eigenvalue weighted by atomic mass is 35.5. The quantitative estimate of drug-likeness (QED) is 0.483. The lowest BCUT2D eigenvalue weighted by Crippen LogP contribution is -1.91. The minimum absolute atomic E-state index is 0.0333. The van der Waals surface area contributed by atoms with Crippen LogP contribution in [0.25, 0.3) is 0 Å². The number of aldehydes is 1. The molecule has 0 aliphatic carbocycles. The molecule has 0 atom stereocenters. The maximum atomic E-state index is 10.9. The number of rotatable bonds is 4. The van der Waals surface area contributed by atoms with E-state index in [2.05, 4.69) is 0 Å². The molecule has 2 aromatic rings. The van der Waals surface area contributed by atoms with Gasteiger partial charge >= 0.3 is 0 Å². The maximum Gasteiger partial charge on any atom is 0.269 e. The minimum Gasteiger partial charge on any atom is -0.457 e. The monoisotopic (exact) mass is 277 g/mol. The van der Waals surface area contributed by atoms with Gasteiger partial charge in [-0.15, -0.1) is 0 Å². The number of nitro groups is 1. The van der Waals surface area contributed by atoms with Crippen LogP contribution in [0, 0.1) is 10.1 Å². The number of halogens is 1. The smallest absolute Gasteiger partial charge is 0.269 e. The molecule has 0 aromatic heterocycles. The fourth-order valence-electron chi connectivity index (χ4n) is 1.46. The van der Waals surface area contributed by atoms with Crippen LogP contribution in [0.4, 0.5) is 5.69 Å². The molecule has 0 saturated heterocycles. The van der Waals surface area contributed by atoms with Crippen LogP contribution in [-0.2, 0) is 0 Å². The third kappa shape index (κ3) is 3.08. The van der Waals surface area contributed by atoms with Gasteiger partial charge in [-0.05, 0) is 24.3 Å². The number of hydrogen-bond donors (Lipinski definition) is 0. The van der Waals surface area contributed by atoms with Gasteiger partial charge in [0, 0.05) is 23.2 Å². The van der Waals surface area contributed by atoms with Gasteiger partial charge in [0.1, 0.15) is 11.5 Å². The molecular weight excluding hydrogens is 270 g/mol. The van der Waals surface area contributed by atoms with Gasteiger partial charge in [-0.2, -0.15) is 0 Å². The van der Waals surface area contributed by atoms with E-state index in [4.69, 9.17) is 16.3 Å². The number of carbonyl (C=O) groups excluding carboxylic acids is 1. The van der Waals surface area contributed by atoms with Crippen molar-refractivity contribution in [2.24, 2.45) is 0 Å². The van der Waals surface area contributed by atoms with E-state index in [1.807, 2.05) is 0 Å². The van der Waals surface area contributed by atoms with E-state index in [-0.39, 0.29) is 5.69 Å². The number of non-ortho nitro benzene ring substituents is 1. The second-order valence-electron chi connectivity index (χ2n) is 3.65. The first-order valence-electron chi connectivity index (χ1n) is 5.27. The van der Waals surface area contributed by atoms with Gasteiger partial charge in [0.25, 0.3) is 5.69 Å². The van der Waals surface area contributed by atoms with Gasteiger partial charge < -0.3 is 4.74 Å². The summed E-state index contributed by atoms with van der Waals surface area (Å²) in [5.74, 6) is 0.687. The van der Waals surface area contributed by atoms with Crippen LogP contribution >= 0.6 is 11.6 Å². The summed E-state index contributed by atoms with van der Waals surface area (Å²) < 4.78 is 5.48. The molecule has 0 radical (unpaired) electrons. The van der Waals surface area contributed by atoms with Crippen molar-refractivity contribution in [3.8, 4) is 11.5 Å². The zero-order valence-corrected chi connectivity index (χ0v) is 10.3. The van der Waals surface area contributed by atoms with Gasteiger partial charge in [-0.25, -0.2) is 0 Å². The summed E-state index contributed by atoms with van der Waals surface area (Å²) in [5.41, 5.74) is 0.316. The summed E-state index contributed by atoms with van der Waals surface area (Å²) in [5, 5.41) is 10.9. The third-order valence-corrected chi connectivity index (χ3v) is 2.61. The highest BCUT2D eigenvalue weighted by Gasteiger charge is 2.08. The minimum atomic E-state index is -0.500. The Morgan fingerprint density at radius 2 is 1.84 bits per heavy atom. The lowest BCUT2D eigenvalue weighted by Gasteiger charge is -2.08. The number of hydrogen-bond acceptors (Lipinski definition) is 4. The van der Waals surface area contributed by atoms with Crippen LogP contribution in [0.1, 0.15) is 10.4 Å². The first-order valence-corrected chi connectivity index (χ1v) is 5.65. The average Bonchev–Trinajstić information content (AvgIpc) is 2.39. The zero-order chi connectivity index (χ0) is 13.8. The van der Waals surface area contributed by atoms with Crippen molar-refractivity contribution in [1.29, 1.82) is 0 Å². The predicted molar refractivity (Wildman–Crippen MR) is 70.0 cm³/mol. The molecular formula is C13H8ClNO4. The molecule has 0 heterocycles. The molecule has 0 spiro atoms. The van der Waals surface area contributed by atoms with Gasteiger partial charge in [0.15, 0.2) is 6.29 Å². The molecule has 0 saturated carbocycles. The second kappa shape index (κ2) is 5.49. The van der Waals surface area contributed by atoms with Crippen molar-refractivity contribution >= 4 is 23.6 Å². The summed E-state index contributed by atoms with van der Waals surface area (Å²) in [6.07, 6.45) is 0.650. The lowest BCUT2D eigenvalue weighted by molar-refractivity contribution is -0.384. The number of benzene rings is 2. The summed E-state index contributed by atoms with van der Waals surface area (Å²) in [7, 11) is 0. The molecule has 6 heteroatoms. The lowest BCUT2D eigenvalue weighted by atomic mass is 10.2. The number of carbonyl (C=O) groups is 1. The molecule has 2 rings (SSSR count). The molecule has 96 valence electrons. The SMILES string of the molecule is O=Cc1ccc(Cl)cc1Oc1ccc([N+](=O)[O-])cc1. The fraction of sp³-hybridized carbons (Fsp3) is 0. The molecule has 19 heavy (non-hydrogen) atoms. The Balaban J connectivity index is 2.28. The largest absolute Gasteiger partial charge is 0.457 e. The van der Waals surface area contributed by atoms with Gasteiger partial charge in [0.2, 0.25) is 0 Å². The molecule has 0 fully saturated rings. The van der Waals surface area contributed by atoms with Crippen LogP contribution in [0.3, 0.4) is 0 Å². The molecule has 0 amide bonds. The Labute approximate surface area is 113 Å². The first-order chi connectivity index (χ1) is 9.10. The van der Waals surface area contributed by atoms with Crippen molar-refractivity contribution < 1.29 is 14.5 Å². The van der Waals surface area contributed by atoms with Crippen LogP contribution in [0.2, 0.25) is 5.02 Å². The van der Waals surface area contributed by atoms with E-state index < -0.39 is 4.92 Å². The van der Waals surface area contributed by atoms with E-state index in [0.29, 0.717) is 28.4 Å². The van der Waals surface area contributed by atoms with Crippen LogP contribution in [-0.4, -0.2) is 11.2 Å². The molecule has 5 nitrogen and oxygen atoms in total. The molecule has 2 aromatic carbocycles. The number of nitro benzene ring substituents is 1. The van der Waals surface area contributed by atoms with Crippen molar-refractivity contribution in [2.75, 3.05) is 0 Å². The van der Waals surface area contributed by atoms with Crippen LogP contribution < -0.4 is 4.74 Å². The van der Waals surface area contributed by atoms with Gasteiger partial charge in [-0.1, -0.05) is 11.6 Å². The Kier molecular flexibility index (Phi) is 3.77. The van der Waals surface area contributed by atoms with Crippen molar-refractivity contribution in [2.45, 2.75) is 0 Å². The van der Waals surface area contributed by atoms with Crippen molar-refractivity contribution in [3.05, 3.63) is 63.2 Å². The highest BCUT2D eigenvalue weighted by molar-refractivity contribution is 6.30. The Bertz CT molecular complexity index is 625. The molecule has 0 bridgehead atoms. The fourth-order valence-corrected chi connectivity index (χ4v) is 1.62. The van der Waals surface area contributed by atoms with E-state index in [0.717, 1.165) is 0 Å². The Morgan fingerprint density at radius 3 is 2.42 bits per heavy atom. The number of nitrogens with zero attached hydrogens (tertiary/aromatic N) is 1. The topological polar surface area (TPSA) is 69.4 Å². The second-order valence-corrected chi connectivity index (χ2v) is 4.09. The highest BCUT2D eigenvalue weighted by Crippen LogP contribution is 2.28. The van der Waals surface area contributed by atoms with Crippen LogP contribution in [0.15, 0.2) is 42.5 Å². The van der Waals surface area contributed by atoms with E-state index in [9.17, 15) is 14.9 Å². The van der Waals surface area contributed by atoms with Crippen molar-refractivity contribution in [3.63, 3.8) is 0 Å². The molecule has 0 N–H and O–H groups in total. The average molecular weight is 278 g/mol. The van der Waals surface area contributed by atoms with E-state index in [1.165, 1.54) is 36.4 Å². The van der Waals surface area contributed by atoms with Gasteiger partial charge in [-0.3, -0.25) is 14.9 Å².